The molecule has 1 fully saturated rings. The van der Waals surface area contributed by atoms with Crippen molar-refractivity contribution < 1.29 is 0 Å². The molecule has 0 amide bonds. The molecule has 3 rings (SSSR count). The normalized spacial score (nSPS) is 20.8. The summed E-state index contributed by atoms with van der Waals surface area (Å²) in [7, 11) is 1.97. The van der Waals surface area contributed by atoms with Gasteiger partial charge >= 0.3 is 0 Å². The summed E-state index contributed by atoms with van der Waals surface area (Å²) in [5.74, 6) is 0.666. The molecule has 0 aromatic carbocycles. The van der Waals surface area contributed by atoms with E-state index >= 15 is 0 Å². The largest absolute Gasteiger partial charge is 0.297 e. The molecule has 2 aromatic heterocycles. The average Bonchev–Trinajstić information content (AvgIpc) is 3.02. The maximum atomic E-state index is 4.45. The monoisotopic (exact) mass is 260 g/mol. The van der Waals surface area contributed by atoms with E-state index in [0.29, 0.717) is 5.92 Å². The summed E-state index contributed by atoms with van der Waals surface area (Å²) in [4.78, 5) is 2.49. The quantitative estimate of drug-likeness (QED) is 0.820. The van der Waals surface area contributed by atoms with E-state index in [9.17, 15) is 0 Å². The van der Waals surface area contributed by atoms with Crippen molar-refractivity contribution in [2.45, 2.75) is 25.9 Å². The molecule has 1 atom stereocenters. The van der Waals surface area contributed by atoms with Crippen molar-refractivity contribution in [2.24, 2.45) is 13.0 Å². The van der Waals surface area contributed by atoms with Gasteiger partial charge in [0.1, 0.15) is 0 Å². The lowest BCUT2D eigenvalue weighted by atomic mass is 9.98. The Kier molecular flexibility index (Phi) is 3.59. The molecule has 1 aliphatic rings. The first-order valence-corrected chi connectivity index (χ1v) is 6.84. The highest BCUT2D eigenvalue weighted by molar-refractivity contribution is 4.98. The zero-order valence-corrected chi connectivity index (χ0v) is 11.3. The molecule has 0 saturated carbocycles. The summed E-state index contributed by atoms with van der Waals surface area (Å²) in [5, 5.41) is 12.4. The van der Waals surface area contributed by atoms with Crippen molar-refractivity contribution in [2.75, 3.05) is 13.1 Å². The third-order valence-corrected chi connectivity index (χ3v) is 3.67. The number of aromatic nitrogens is 5. The summed E-state index contributed by atoms with van der Waals surface area (Å²) in [6.07, 6.45) is 8.23. The van der Waals surface area contributed by atoms with Gasteiger partial charge in [-0.15, -0.1) is 5.10 Å². The first kappa shape index (κ1) is 12.3. The van der Waals surface area contributed by atoms with Crippen LogP contribution in [0.1, 0.15) is 18.5 Å². The predicted molar refractivity (Wildman–Crippen MR) is 71.2 cm³/mol. The minimum Gasteiger partial charge on any atom is -0.297 e. The summed E-state index contributed by atoms with van der Waals surface area (Å²) in [5.41, 5.74) is 1.16. The van der Waals surface area contributed by atoms with E-state index in [2.05, 4.69) is 26.4 Å². The van der Waals surface area contributed by atoms with E-state index in [1.807, 2.05) is 28.8 Å². The second kappa shape index (κ2) is 5.52. The fraction of sp³-hybridized carbons (Fsp3) is 0.615. The summed E-state index contributed by atoms with van der Waals surface area (Å²) >= 11 is 0. The Labute approximate surface area is 113 Å². The summed E-state index contributed by atoms with van der Waals surface area (Å²) in [6, 6.07) is 2.10. The molecular formula is C13H20N6. The Morgan fingerprint density at radius 2 is 2.32 bits per heavy atom. The van der Waals surface area contributed by atoms with Crippen molar-refractivity contribution >= 4 is 0 Å². The van der Waals surface area contributed by atoms with Crippen LogP contribution in [0.5, 0.6) is 0 Å². The molecule has 19 heavy (non-hydrogen) atoms. The molecule has 1 unspecified atom stereocenters. The lowest BCUT2D eigenvalue weighted by molar-refractivity contribution is 0.151. The number of piperidine rings is 1. The highest BCUT2D eigenvalue weighted by atomic mass is 15.4. The van der Waals surface area contributed by atoms with E-state index in [-0.39, 0.29) is 0 Å². The van der Waals surface area contributed by atoms with E-state index in [1.165, 1.54) is 19.4 Å². The Morgan fingerprint density at radius 1 is 1.37 bits per heavy atom. The summed E-state index contributed by atoms with van der Waals surface area (Å²) < 4.78 is 3.81. The Hall–Kier alpha value is -1.69. The second-order valence-electron chi connectivity index (χ2n) is 5.35. The van der Waals surface area contributed by atoms with Gasteiger partial charge in [0.15, 0.2) is 0 Å². The number of rotatable bonds is 4. The van der Waals surface area contributed by atoms with Gasteiger partial charge in [-0.2, -0.15) is 5.10 Å². The second-order valence-corrected chi connectivity index (χ2v) is 5.35. The van der Waals surface area contributed by atoms with Crippen molar-refractivity contribution in [1.29, 1.82) is 0 Å². The third kappa shape index (κ3) is 3.20. The molecular weight excluding hydrogens is 240 g/mol. The van der Waals surface area contributed by atoms with Gasteiger partial charge in [-0.25, -0.2) is 0 Å². The number of likely N-dealkylation sites (tertiary alicyclic amines) is 1. The fourth-order valence-electron chi connectivity index (χ4n) is 2.82. The van der Waals surface area contributed by atoms with Gasteiger partial charge in [0.05, 0.1) is 11.9 Å². The molecule has 1 aliphatic heterocycles. The predicted octanol–water partition coefficient (Wildman–Crippen LogP) is 0.924. The molecule has 3 heterocycles. The van der Waals surface area contributed by atoms with Gasteiger partial charge in [0.25, 0.3) is 0 Å². The van der Waals surface area contributed by atoms with Gasteiger partial charge in [0, 0.05) is 39.1 Å². The molecule has 1 saturated heterocycles. The molecule has 0 aliphatic carbocycles. The lowest BCUT2D eigenvalue weighted by Crippen LogP contribution is -2.36. The molecule has 6 heteroatoms. The first-order valence-electron chi connectivity index (χ1n) is 6.84. The van der Waals surface area contributed by atoms with Crippen LogP contribution in [-0.4, -0.2) is 42.8 Å². The van der Waals surface area contributed by atoms with E-state index in [1.54, 1.807) is 6.20 Å². The van der Waals surface area contributed by atoms with Crippen molar-refractivity contribution in [1.82, 2.24) is 29.7 Å². The van der Waals surface area contributed by atoms with Crippen LogP contribution in [0.15, 0.2) is 24.7 Å². The van der Waals surface area contributed by atoms with Crippen LogP contribution in [0.3, 0.4) is 0 Å². The third-order valence-electron chi connectivity index (χ3n) is 3.67. The van der Waals surface area contributed by atoms with E-state index < -0.39 is 0 Å². The summed E-state index contributed by atoms with van der Waals surface area (Å²) in [6.45, 7) is 4.22. The molecule has 2 aromatic rings. The number of aryl methyl sites for hydroxylation is 1. The number of hydrogen-bond acceptors (Lipinski definition) is 4. The maximum Gasteiger partial charge on any atom is 0.0764 e. The van der Waals surface area contributed by atoms with Crippen LogP contribution in [0.2, 0.25) is 0 Å². The minimum absolute atomic E-state index is 0.666. The molecule has 0 N–H and O–H groups in total. The van der Waals surface area contributed by atoms with Crippen molar-refractivity contribution in [3.8, 4) is 0 Å². The van der Waals surface area contributed by atoms with Crippen LogP contribution in [0.25, 0.3) is 0 Å². The maximum absolute atomic E-state index is 4.45. The molecule has 6 nitrogen and oxygen atoms in total. The van der Waals surface area contributed by atoms with Crippen molar-refractivity contribution in [3.05, 3.63) is 30.4 Å². The number of hydrogen-bond donors (Lipinski definition) is 0. The van der Waals surface area contributed by atoms with Gasteiger partial charge in [-0.1, -0.05) is 5.21 Å². The van der Waals surface area contributed by atoms with Crippen molar-refractivity contribution in [3.63, 3.8) is 0 Å². The van der Waals surface area contributed by atoms with Crippen LogP contribution in [-0.2, 0) is 20.1 Å². The van der Waals surface area contributed by atoms with Crippen LogP contribution >= 0.6 is 0 Å². The SMILES string of the molecule is Cn1ccc(CN2CCCC(Cn3ccnn3)C2)n1. The van der Waals surface area contributed by atoms with Crippen LogP contribution in [0, 0.1) is 5.92 Å². The van der Waals surface area contributed by atoms with Gasteiger partial charge in [-0.3, -0.25) is 14.3 Å². The standard InChI is InChI=1S/C13H20N6/c1-17-7-4-13(15-17)11-18-6-2-3-12(9-18)10-19-8-5-14-16-19/h4-5,7-8,12H,2-3,6,9-11H2,1H3. The van der Waals surface area contributed by atoms with Gasteiger partial charge in [0.2, 0.25) is 0 Å². The zero-order chi connectivity index (χ0) is 13.1. The Bertz CT molecular complexity index is 503. The Balaban J connectivity index is 1.55. The molecule has 0 spiro atoms. The fourth-order valence-corrected chi connectivity index (χ4v) is 2.82. The smallest absolute Gasteiger partial charge is 0.0764 e. The highest BCUT2D eigenvalue weighted by Gasteiger charge is 2.21. The van der Waals surface area contributed by atoms with Crippen LogP contribution < -0.4 is 0 Å². The molecule has 0 bridgehead atoms. The molecule has 0 radical (unpaired) electrons. The zero-order valence-electron chi connectivity index (χ0n) is 11.3. The van der Waals surface area contributed by atoms with Gasteiger partial charge < -0.3 is 0 Å². The first-order chi connectivity index (χ1) is 9.29. The minimum atomic E-state index is 0.666. The van der Waals surface area contributed by atoms with Crippen LogP contribution in [0.4, 0.5) is 0 Å². The lowest BCUT2D eigenvalue weighted by Gasteiger charge is -2.32. The van der Waals surface area contributed by atoms with E-state index in [4.69, 9.17) is 0 Å². The molecule has 102 valence electrons. The van der Waals surface area contributed by atoms with E-state index in [0.717, 1.165) is 25.3 Å². The average molecular weight is 260 g/mol. The van der Waals surface area contributed by atoms with Gasteiger partial charge in [-0.05, 0) is 31.4 Å². The topological polar surface area (TPSA) is 51.8 Å². The highest BCUT2D eigenvalue weighted by Crippen LogP contribution is 2.19. The Morgan fingerprint density at radius 3 is 3.05 bits per heavy atom. The number of nitrogens with zero attached hydrogens (tertiary/aromatic N) is 6.